The van der Waals surface area contributed by atoms with E-state index in [1.807, 2.05) is 0 Å². The second-order valence-electron chi connectivity index (χ2n) is 4.22. The van der Waals surface area contributed by atoms with Crippen molar-refractivity contribution >= 4 is 23.6 Å². The zero-order valence-electron chi connectivity index (χ0n) is 11.1. The highest BCUT2D eigenvalue weighted by atomic mass is 16.4. The molecule has 0 aliphatic heterocycles. The van der Waals surface area contributed by atoms with E-state index in [-0.39, 0.29) is 12.5 Å². The number of aliphatic carboxylic acids is 1. The molecule has 1 atom stereocenters. The van der Waals surface area contributed by atoms with Crippen molar-refractivity contribution in [2.75, 3.05) is 11.9 Å². The summed E-state index contributed by atoms with van der Waals surface area (Å²) in [6.45, 7) is 1.82. The van der Waals surface area contributed by atoms with Gasteiger partial charge in [-0.25, -0.2) is 4.79 Å². The fourth-order valence-electron chi connectivity index (χ4n) is 1.57. The van der Waals surface area contributed by atoms with Gasteiger partial charge < -0.3 is 21.5 Å². The molecule has 0 aliphatic rings. The number of primary amides is 1. The number of carboxylic acids is 1. The lowest BCUT2D eigenvalue weighted by Gasteiger charge is -2.11. The van der Waals surface area contributed by atoms with Crippen molar-refractivity contribution in [2.24, 2.45) is 11.7 Å². The van der Waals surface area contributed by atoms with E-state index in [2.05, 4.69) is 10.6 Å². The van der Waals surface area contributed by atoms with Gasteiger partial charge in [-0.1, -0.05) is 6.92 Å². The van der Waals surface area contributed by atoms with Crippen molar-refractivity contribution in [3.05, 3.63) is 29.8 Å². The van der Waals surface area contributed by atoms with Crippen LogP contribution in [0.5, 0.6) is 0 Å². The predicted octanol–water partition coefficient (Wildman–Crippen LogP) is 1.02. The molecule has 0 heterocycles. The molecule has 0 saturated heterocycles. The molecule has 0 radical (unpaired) electrons. The number of carbonyl (C=O) groups excluding carboxylic acids is 2. The Kier molecular flexibility index (Phi) is 5.52. The van der Waals surface area contributed by atoms with Crippen LogP contribution in [0.2, 0.25) is 0 Å². The number of nitrogens with one attached hydrogen (secondary N) is 2. The zero-order chi connectivity index (χ0) is 15.1. The fourth-order valence-corrected chi connectivity index (χ4v) is 1.57. The highest BCUT2D eigenvalue weighted by molar-refractivity contribution is 5.95. The average molecular weight is 279 g/mol. The van der Waals surface area contributed by atoms with Crippen molar-refractivity contribution in [2.45, 2.75) is 13.3 Å². The third kappa shape index (κ3) is 4.60. The summed E-state index contributed by atoms with van der Waals surface area (Å²) < 4.78 is 0. The number of rotatable bonds is 6. The molecule has 7 heteroatoms. The van der Waals surface area contributed by atoms with Crippen molar-refractivity contribution < 1.29 is 19.5 Å². The summed E-state index contributed by atoms with van der Waals surface area (Å²) >= 11 is 0. The monoisotopic (exact) mass is 279 g/mol. The quantitative estimate of drug-likeness (QED) is 0.621. The Morgan fingerprint density at radius 2 is 1.85 bits per heavy atom. The first kappa shape index (κ1) is 15.5. The van der Waals surface area contributed by atoms with Crippen LogP contribution >= 0.6 is 0 Å². The van der Waals surface area contributed by atoms with E-state index < -0.39 is 17.9 Å². The summed E-state index contributed by atoms with van der Waals surface area (Å²) in [6.07, 6.45) is 0.442. The summed E-state index contributed by atoms with van der Waals surface area (Å²) in [5.41, 5.74) is 5.82. The number of urea groups is 1. The molecule has 108 valence electrons. The molecule has 0 bridgehead atoms. The minimum atomic E-state index is -0.936. The van der Waals surface area contributed by atoms with E-state index in [0.29, 0.717) is 17.7 Å². The van der Waals surface area contributed by atoms with Crippen LogP contribution in [0.1, 0.15) is 23.7 Å². The van der Waals surface area contributed by atoms with Crippen LogP contribution < -0.4 is 16.4 Å². The first-order valence-electron chi connectivity index (χ1n) is 6.11. The van der Waals surface area contributed by atoms with Gasteiger partial charge in [-0.2, -0.15) is 0 Å². The lowest BCUT2D eigenvalue weighted by Crippen LogP contribution is -2.32. The smallest absolute Gasteiger partial charge is 0.316 e. The Morgan fingerprint density at radius 1 is 1.25 bits per heavy atom. The largest absolute Gasteiger partial charge is 0.481 e. The van der Waals surface area contributed by atoms with Crippen LogP contribution in [0.25, 0.3) is 0 Å². The predicted molar refractivity (Wildman–Crippen MR) is 73.4 cm³/mol. The Labute approximate surface area is 116 Å². The zero-order valence-corrected chi connectivity index (χ0v) is 11.1. The Balaban J connectivity index is 2.59. The van der Waals surface area contributed by atoms with Crippen molar-refractivity contribution in [1.82, 2.24) is 5.32 Å². The number of carboxylic acid groups (broad SMARTS) is 1. The maximum Gasteiger partial charge on any atom is 0.316 e. The lowest BCUT2D eigenvalue weighted by atomic mass is 10.1. The van der Waals surface area contributed by atoms with Crippen LogP contribution in [-0.4, -0.2) is 29.6 Å². The molecule has 1 unspecified atom stereocenters. The van der Waals surface area contributed by atoms with Crippen LogP contribution in [-0.2, 0) is 4.79 Å². The fraction of sp³-hybridized carbons (Fsp3) is 0.308. The Bertz CT molecular complexity index is 499. The minimum absolute atomic E-state index is 0.0754. The van der Waals surface area contributed by atoms with E-state index in [1.165, 1.54) is 24.3 Å². The van der Waals surface area contributed by atoms with Crippen LogP contribution in [0.3, 0.4) is 0 Å². The molecule has 1 rings (SSSR count). The number of anilines is 1. The second-order valence-corrected chi connectivity index (χ2v) is 4.22. The maximum atomic E-state index is 11.8. The highest BCUT2D eigenvalue weighted by Gasteiger charge is 2.16. The van der Waals surface area contributed by atoms with E-state index >= 15 is 0 Å². The van der Waals surface area contributed by atoms with Crippen LogP contribution in [0, 0.1) is 5.92 Å². The number of benzene rings is 1. The van der Waals surface area contributed by atoms with Gasteiger partial charge in [-0.05, 0) is 30.7 Å². The van der Waals surface area contributed by atoms with E-state index in [4.69, 9.17) is 10.8 Å². The maximum absolute atomic E-state index is 11.8. The number of carbonyl (C=O) groups is 3. The Morgan fingerprint density at radius 3 is 2.30 bits per heavy atom. The van der Waals surface area contributed by atoms with E-state index in [9.17, 15) is 14.4 Å². The molecule has 0 fully saturated rings. The summed E-state index contributed by atoms with van der Waals surface area (Å²) in [7, 11) is 0. The molecule has 1 aromatic carbocycles. The molecular weight excluding hydrogens is 262 g/mol. The first-order valence-corrected chi connectivity index (χ1v) is 6.11. The van der Waals surface area contributed by atoms with Gasteiger partial charge >= 0.3 is 12.0 Å². The highest BCUT2D eigenvalue weighted by Crippen LogP contribution is 2.09. The number of amides is 3. The molecule has 3 amide bonds. The Hall–Kier alpha value is -2.57. The molecular formula is C13H17N3O4. The van der Waals surface area contributed by atoms with Gasteiger partial charge in [-0.3, -0.25) is 9.59 Å². The van der Waals surface area contributed by atoms with Gasteiger partial charge in [0.15, 0.2) is 0 Å². The summed E-state index contributed by atoms with van der Waals surface area (Å²) in [5, 5.41) is 13.8. The molecule has 7 nitrogen and oxygen atoms in total. The molecule has 0 aromatic heterocycles. The molecule has 0 saturated carbocycles. The van der Waals surface area contributed by atoms with Crippen molar-refractivity contribution in [1.29, 1.82) is 0 Å². The molecule has 0 spiro atoms. The van der Waals surface area contributed by atoms with Gasteiger partial charge in [0.25, 0.3) is 5.91 Å². The topological polar surface area (TPSA) is 122 Å². The number of hydrogen-bond acceptors (Lipinski definition) is 3. The van der Waals surface area contributed by atoms with Gasteiger partial charge in [0.05, 0.1) is 5.92 Å². The van der Waals surface area contributed by atoms with Gasteiger partial charge in [0.2, 0.25) is 0 Å². The summed E-state index contributed by atoms with van der Waals surface area (Å²) in [6, 6.07) is 5.42. The molecule has 5 N–H and O–H groups in total. The van der Waals surface area contributed by atoms with Gasteiger partial charge in [-0.15, -0.1) is 0 Å². The average Bonchev–Trinajstić information content (AvgIpc) is 2.39. The number of hydrogen-bond donors (Lipinski definition) is 4. The standard InChI is InChI=1S/C13H17N3O4/c1-2-8(12(18)19)7-15-11(17)9-3-5-10(6-4-9)16-13(14)20/h3-6,8H,2,7H2,1H3,(H,15,17)(H,18,19)(H3,14,16,20). The van der Waals surface area contributed by atoms with Gasteiger partial charge in [0.1, 0.15) is 0 Å². The molecule has 1 aromatic rings. The van der Waals surface area contributed by atoms with Crippen LogP contribution in [0.4, 0.5) is 10.5 Å². The third-order valence-electron chi connectivity index (χ3n) is 2.77. The SMILES string of the molecule is CCC(CNC(=O)c1ccc(NC(N)=O)cc1)C(=O)O. The second kappa shape index (κ2) is 7.13. The third-order valence-corrected chi connectivity index (χ3v) is 2.77. The van der Waals surface area contributed by atoms with E-state index in [0.717, 1.165) is 0 Å². The number of nitrogens with two attached hydrogens (primary N) is 1. The molecule has 0 aliphatic carbocycles. The molecule has 20 heavy (non-hydrogen) atoms. The lowest BCUT2D eigenvalue weighted by molar-refractivity contribution is -0.141. The van der Waals surface area contributed by atoms with Crippen LogP contribution in [0.15, 0.2) is 24.3 Å². The normalized spacial score (nSPS) is 11.4. The minimum Gasteiger partial charge on any atom is -0.481 e. The first-order chi connectivity index (χ1) is 9.43. The summed E-state index contributed by atoms with van der Waals surface area (Å²) in [4.78, 5) is 33.3. The van der Waals surface area contributed by atoms with Crippen molar-refractivity contribution in [3.8, 4) is 0 Å². The van der Waals surface area contributed by atoms with Gasteiger partial charge in [0, 0.05) is 17.8 Å². The summed E-state index contributed by atoms with van der Waals surface area (Å²) in [5.74, 6) is -1.90. The van der Waals surface area contributed by atoms with Crippen molar-refractivity contribution in [3.63, 3.8) is 0 Å². The van der Waals surface area contributed by atoms with E-state index in [1.54, 1.807) is 6.92 Å².